The summed E-state index contributed by atoms with van der Waals surface area (Å²) in [5.41, 5.74) is 1.90. The topological polar surface area (TPSA) is 82.1 Å². The van der Waals surface area contributed by atoms with Crippen molar-refractivity contribution in [3.63, 3.8) is 0 Å². The molecule has 0 spiro atoms. The minimum Gasteiger partial charge on any atom is -0.393 e. The second-order valence-electron chi connectivity index (χ2n) is 7.26. The number of fused-ring (bicyclic) bond motifs is 1. The number of aromatic amines is 1. The third kappa shape index (κ3) is 3.13. The van der Waals surface area contributed by atoms with Gasteiger partial charge in [0, 0.05) is 24.6 Å². The highest BCUT2D eigenvalue weighted by atomic mass is 19.1. The first-order valence-electron chi connectivity index (χ1n) is 9.07. The second kappa shape index (κ2) is 6.71. The van der Waals surface area contributed by atoms with Crippen LogP contribution in [0.25, 0.3) is 11.2 Å². The Kier molecular flexibility index (Phi) is 4.41. The number of hydrogen-bond donors (Lipinski definition) is 2. The van der Waals surface area contributed by atoms with Crippen LogP contribution < -0.4 is 0 Å². The number of likely N-dealkylation sites (tertiary alicyclic amines) is 1. The number of halogens is 1. The Morgan fingerprint density at radius 3 is 2.56 bits per heavy atom. The van der Waals surface area contributed by atoms with E-state index in [2.05, 4.69) is 9.97 Å². The van der Waals surface area contributed by atoms with Crippen molar-refractivity contribution >= 4 is 17.6 Å². The zero-order valence-electron chi connectivity index (χ0n) is 14.1. The number of rotatable bonds is 3. The lowest BCUT2D eigenvalue weighted by Gasteiger charge is -2.29. The maximum absolute atomic E-state index is 14.6. The molecule has 2 aromatic rings. The Hall–Kier alpha value is -2.02. The highest BCUT2D eigenvalue weighted by Gasteiger charge is 2.28. The molecule has 2 fully saturated rings. The number of amides is 1. The summed E-state index contributed by atoms with van der Waals surface area (Å²) in [4.78, 5) is 24.8. The van der Waals surface area contributed by atoms with Gasteiger partial charge in [0.15, 0.2) is 5.65 Å². The van der Waals surface area contributed by atoms with Crippen LogP contribution in [0.1, 0.15) is 61.7 Å². The molecule has 1 aliphatic heterocycles. The van der Waals surface area contributed by atoms with E-state index < -0.39 is 0 Å². The SMILES string of the molecule is O=CN1CCC(c2c(F)cnc3[nH]c(C4CCC(O)CC4)nc23)CC1. The first-order chi connectivity index (χ1) is 12.2. The fourth-order valence-electron chi connectivity index (χ4n) is 4.19. The number of carbonyl (C=O) groups excluding carboxylic acids is 1. The molecule has 2 aliphatic rings. The fourth-order valence-corrected chi connectivity index (χ4v) is 4.19. The zero-order chi connectivity index (χ0) is 17.4. The van der Waals surface area contributed by atoms with Crippen molar-refractivity contribution in [1.29, 1.82) is 0 Å². The van der Waals surface area contributed by atoms with E-state index in [1.54, 1.807) is 4.90 Å². The van der Waals surface area contributed by atoms with E-state index in [1.807, 2.05) is 0 Å². The third-order valence-corrected chi connectivity index (χ3v) is 5.69. The first-order valence-corrected chi connectivity index (χ1v) is 9.07. The molecule has 0 unspecified atom stereocenters. The molecule has 7 heteroatoms. The van der Waals surface area contributed by atoms with Gasteiger partial charge in [-0.15, -0.1) is 0 Å². The standard InChI is InChI=1S/C18H23FN4O2/c19-14-9-20-18-16(15(14)11-5-7-23(10-24)8-6-11)21-17(22-18)12-1-3-13(25)4-2-12/h9-13,25H,1-8H2,(H,20,21,22). The summed E-state index contributed by atoms with van der Waals surface area (Å²) < 4.78 is 14.6. The van der Waals surface area contributed by atoms with Gasteiger partial charge in [0.1, 0.15) is 17.2 Å². The van der Waals surface area contributed by atoms with Crippen LogP contribution in [-0.4, -0.2) is 50.6 Å². The molecule has 1 saturated carbocycles. The van der Waals surface area contributed by atoms with Crippen LogP contribution in [0.15, 0.2) is 6.20 Å². The molecule has 1 aliphatic carbocycles. The van der Waals surface area contributed by atoms with Gasteiger partial charge in [-0.25, -0.2) is 14.4 Å². The summed E-state index contributed by atoms with van der Waals surface area (Å²) in [5, 5.41) is 9.68. The van der Waals surface area contributed by atoms with Gasteiger partial charge in [0.2, 0.25) is 6.41 Å². The predicted molar refractivity (Wildman–Crippen MR) is 90.7 cm³/mol. The Balaban J connectivity index is 1.65. The molecule has 1 saturated heterocycles. The number of carbonyl (C=O) groups is 1. The van der Waals surface area contributed by atoms with Crippen molar-refractivity contribution in [2.45, 2.75) is 56.5 Å². The first kappa shape index (κ1) is 16.4. The minimum absolute atomic E-state index is 0.0611. The van der Waals surface area contributed by atoms with Gasteiger partial charge in [-0.3, -0.25) is 4.79 Å². The average Bonchev–Trinajstić information content (AvgIpc) is 3.06. The Bertz CT molecular complexity index is 762. The number of hydrogen-bond acceptors (Lipinski definition) is 4. The largest absolute Gasteiger partial charge is 0.393 e. The van der Waals surface area contributed by atoms with Gasteiger partial charge in [0.25, 0.3) is 0 Å². The number of aliphatic hydroxyl groups is 1. The van der Waals surface area contributed by atoms with Gasteiger partial charge in [0.05, 0.1) is 12.3 Å². The molecule has 0 bridgehead atoms. The summed E-state index contributed by atoms with van der Waals surface area (Å²) in [6, 6.07) is 0. The van der Waals surface area contributed by atoms with E-state index in [0.717, 1.165) is 50.8 Å². The summed E-state index contributed by atoms with van der Waals surface area (Å²) in [6.07, 6.45) is 6.73. The van der Waals surface area contributed by atoms with E-state index in [0.29, 0.717) is 29.8 Å². The number of pyridine rings is 1. The second-order valence-corrected chi connectivity index (χ2v) is 7.26. The highest BCUT2D eigenvalue weighted by molar-refractivity contribution is 5.76. The molecular formula is C18H23FN4O2. The van der Waals surface area contributed by atoms with Crippen LogP contribution in [0.3, 0.4) is 0 Å². The summed E-state index contributed by atoms with van der Waals surface area (Å²) >= 11 is 0. The molecule has 2 aromatic heterocycles. The number of aliphatic hydroxyl groups excluding tert-OH is 1. The molecule has 3 heterocycles. The van der Waals surface area contributed by atoms with Crippen molar-refractivity contribution < 1.29 is 14.3 Å². The molecule has 0 atom stereocenters. The number of nitrogens with one attached hydrogen (secondary N) is 1. The molecular weight excluding hydrogens is 323 g/mol. The molecule has 6 nitrogen and oxygen atoms in total. The van der Waals surface area contributed by atoms with Crippen LogP contribution in [-0.2, 0) is 4.79 Å². The Labute approximate surface area is 145 Å². The Morgan fingerprint density at radius 1 is 1.16 bits per heavy atom. The van der Waals surface area contributed by atoms with E-state index in [-0.39, 0.29) is 23.8 Å². The lowest BCUT2D eigenvalue weighted by Crippen LogP contribution is -2.32. The summed E-state index contributed by atoms with van der Waals surface area (Å²) in [7, 11) is 0. The normalized spacial score (nSPS) is 25.4. The monoisotopic (exact) mass is 346 g/mol. The van der Waals surface area contributed by atoms with Gasteiger partial charge < -0.3 is 15.0 Å². The van der Waals surface area contributed by atoms with E-state index >= 15 is 0 Å². The van der Waals surface area contributed by atoms with Crippen molar-refractivity contribution in [2.24, 2.45) is 0 Å². The van der Waals surface area contributed by atoms with E-state index in [4.69, 9.17) is 4.98 Å². The van der Waals surface area contributed by atoms with E-state index in [9.17, 15) is 14.3 Å². The van der Waals surface area contributed by atoms with Gasteiger partial charge in [-0.1, -0.05) is 0 Å². The van der Waals surface area contributed by atoms with Crippen LogP contribution >= 0.6 is 0 Å². The van der Waals surface area contributed by atoms with Crippen molar-refractivity contribution in [1.82, 2.24) is 19.9 Å². The molecule has 2 N–H and O–H groups in total. The maximum Gasteiger partial charge on any atom is 0.209 e. The van der Waals surface area contributed by atoms with Crippen LogP contribution in [0.2, 0.25) is 0 Å². The van der Waals surface area contributed by atoms with Gasteiger partial charge in [-0.2, -0.15) is 0 Å². The molecule has 134 valence electrons. The maximum atomic E-state index is 14.6. The van der Waals surface area contributed by atoms with Crippen molar-refractivity contribution in [3.05, 3.63) is 23.4 Å². The third-order valence-electron chi connectivity index (χ3n) is 5.69. The summed E-state index contributed by atoms with van der Waals surface area (Å²) in [5.74, 6) is 0.872. The zero-order valence-corrected chi connectivity index (χ0v) is 14.1. The lowest BCUT2D eigenvalue weighted by molar-refractivity contribution is -0.119. The van der Waals surface area contributed by atoms with Crippen LogP contribution in [0.4, 0.5) is 4.39 Å². The quantitative estimate of drug-likeness (QED) is 0.837. The Morgan fingerprint density at radius 2 is 1.88 bits per heavy atom. The fraction of sp³-hybridized carbons (Fsp3) is 0.611. The lowest BCUT2D eigenvalue weighted by atomic mass is 9.87. The van der Waals surface area contributed by atoms with E-state index in [1.165, 1.54) is 6.20 Å². The van der Waals surface area contributed by atoms with Crippen molar-refractivity contribution in [3.8, 4) is 0 Å². The molecule has 25 heavy (non-hydrogen) atoms. The van der Waals surface area contributed by atoms with Crippen molar-refractivity contribution in [2.75, 3.05) is 13.1 Å². The highest BCUT2D eigenvalue weighted by Crippen LogP contribution is 2.36. The molecule has 1 amide bonds. The minimum atomic E-state index is -0.311. The number of aromatic nitrogens is 3. The molecule has 0 aromatic carbocycles. The number of piperidine rings is 1. The predicted octanol–water partition coefficient (Wildman–Crippen LogP) is 2.45. The molecule has 4 rings (SSSR count). The van der Waals surface area contributed by atoms with Crippen LogP contribution in [0.5, 0.6) is 0 Å². The summed E-state index contributed by atoms with van der Waals surface area (Å²) in [6.45, 7) is 1.30. The van der Waals surface area contributed by atoms with Gasteiger partial charge in [-0.05, 0) is 44.4 Å². The number of imidazole rings is 1. The average molecular weight is 346 g/mol. The van der Waals surface area contributed by atoms with Crippen LogP contribution in [0, 0.1) is 5.82 Å². The molecule has 0 radical (unpaired) electrons. The smallest absolute Gasteiger partial charge is 0.209 e. The number of H-pyrrole nitrogens is 1. The van der Waals surface area contributed by atoms with Gasteiger partial charge >= 0.3 is 0 Å². The number of nitrogens with zero attached hydrogens (tertiary/aromatic N) is 3.